The van der Waals surface area contributed by atoms with E-state index in [2.05, 4.69) is 27.7 Å². The lowest BCUT2D eigenvalue weighted by Gasteiger charge is -2.10. The van der Waals surface area contributed by atoms with E-state index >= 15 is 0 Å². The van der Waals surface area contributed by atoms with Crippen molar-refractivity contribution in [3.8, 4) is 11.3 Å². The van der Waals surface area contributed by atoms with Gasteiger partial charge in [0.15, 0.2) is 0 Å². The highest BCUT2D eigenvalue weighted by Gasteiger charge is 2.18. The van der Waals surface area contributed by atoms with Crippen molar-refractivity contribution in [3.05, 3.63) is 40.1 Å². The number of halogens is 1. The Morgan fingerprint density at radius 2 is 2.00 bits per heavy atom. The average Bonchev–Trinajstić information content (AvgIpc) is 2.71. The quantitative estimate of drug-likeness (QED) is 0.773. The Bertz CT molecular complexity index is 549. The van der Waals surface area contributed by atoms with Crippen molar-refractivity contribution in [1.82, 2.24) is 9.78 Å². The Balaban J connectivity index is 2.42. The van der Waals surface area contributed by atoms with E-state index in [1.807, 2.05) is 44.2 Å². The van der Waals surface area contributed by atoms with E-state index in [9.17, 15) is 4.79 Å². The fourth-order valence-corrected chi connectivity index (χ4v) is 2.24. The second kappa shape index (κ2) is 5.51. The topological polar surface area (TPSA) is 44.1 Å². The van der Waals surface area contributed by atoms with Crippen molar-refractivity contribution >= 4 is 28.7 Å². The molecule has 0 aliphatic rings. The fraction of sp³-hybridized carbons (Fsp3) is 0.231. The molecule has 0 aliphatic carbocycles. The SMILES string of the molecule is CC(C)OC(=O)n1ncc(I)c1-c1ccccc1. The van der Waals surface area contributed by atoms with Gasteiger partial charge in [-0.25, -0.2) is 4.79 Å². The highest BCUT2D eigenvalue weighted by Crippen LogP contribution is 2.25. The lowest BCUT2D eigenvalue weighted by atomic mass is 10.1. The minimum atomic E-state index is -0.452. The van der Waals surface area contributed by atoms with Gasteiger partial charge in [0.1, 0.15) is 0 Å². The molecule has 0 atom stereocenters. The van der Waals surface area contributed by atoms with Gasteiger partial charge in [-0.05, 0) is 36.4 Å². The Labute approximate surface area is 119 Å². The molecule has 0 fully saturated rings. The minimum absolute atomic E-state index is 0.164. The van der Waals surface area contributed by atoms with Gasteiger partial charge in [-0.1, -0.05) is 30.3 Å². The summed E-state index contributed by atoms with van der Waals surface area (Å²) in [6.07, 6.45) is 1.04. The van der Waals surface area contributed by atoms with Gasteiger partial charge in [0.2, 0.25) is 0 Å². The summed E-state index contributed by atoms with van der Waals surface area (Å²) in [5, 5.41) is 4.08. The van der Waals surface area contributed by atoms with Crippen LogP contribution >= 0.6 is 22.6 Å². The van der Waals surface area contributed by atoms with E-state index in [0.29, 0.717) is 0 Å². The maximum absolute atomic E-state index is 11.9. The summed E-state index contributed by atoms with van der Waals surface area (Å²) in [5.74, 6) is 0. The number of hydrogen-bond acceptors (Lipinski definition) is 3. The van der Waals surface area contributed by atoms with Crippen LogP contribution in [0.3, 0.4) is 0 Å². The Hall–Kier alpha value is -1.37. The van der Waals surface area contributed by atoms with Crippen LogP contribution < -0.4 is 0 Å². The molecule has 0 bridgehead atoms. The molecule has 94 valence electrons. The number of aromatic nitrogens is 2. The van der Waals surface area contributed by atoms with Gasteiger partial charge in [0.05, 0.1) is 21.6 Å². The van der Waals surface area contributed by atoms with Gasteiger partial charge in [0.25, 0.3) is 0 Å². The molecule has 0 amide bonds. The van der Waals surface area contributed by atoms with Crippen LogP contribution in [-0.4, -0.2) is 22.0 Å². The van der Waals surface area contributed by atoms with Crippen molar-refractivity contribution in [2.45, 2.75) is 20.0 Å². The van der Waals surface area contributed by atoms with Crippen molar-refractivity contribution in [1.29, 1.82) is 0 Å². The summed E-state index contributed by atoms with van der Waals surface area (Å²) in [7, 11) is 0. The molecule has 1 aromatic heterocycles. The molecule has 18 heavy (non-hydrogen) atoms. The molecule has 0 aliphatic heterocycles. The molecule has 4 nitrogen and oxygen atoms in total. The number of carbonyl (C=O) groups excluding carboxylic acids is 1. The number of rotatable bonds is 2. The fourth-order valence-electron chi connectivity index (χ4n) is 1.57. The van der Waals surface area contributed by atoms with Crippen LogP contribution in [0, 0.1) is 3.57 Å². The first-order valence-corrected chi connectivity index (χ1v) is 6.67. The molecule has 2 rings (SSSR count). The third-order valence-corrected chi connectivity index (χ3v) is 3.07. The molecule has 0 radical (unpaired) electrons. The van der Waals surface area contributed by atoms with Crippen LogP contribution in [0.5, 0.6) is 0 Å². The second-order valence-electron chi connectivity index (χ2n) is 4.05. The average molecular weight is 356 g/mol. The van der Waals surface area contributed by atoms with Crippen LogP contribution in [0.1, 0.15) is 13.8 Å². The number of ether oxygens (including phenoxy) is 1. The molecule has 5 heteroatoms. The Morgan fingerprint density at radius 3 is 2.61 bits per heavy atom. The molecule has 2 aromatic rings. The number of nitrogens with zero attached hydrogens (tertiary/aromatic N) is 2. The minimum Gasteiger partial charge on any atom is -0.445 e. The van der Waals surface area contributed by atoms with E-state index in [4.69, 9.17) is 4.74 Å². The van der Waals surface area contributed by atoms with Gasteiger partial charge >= 0.3 is 6.09 Å². The first-order chi connectivity index (χ1) is 8.59. The van der Waals surface area contributed by atoms with Gasteiger partial charge in [-0.15, -0.1) is 0 Å². The monoisotopic (exact) mass is 356 g/mol. The van der Waals surface area contributed by atoms with E-state index in [1.54, 1.807) is 6.20 Å². The zero-order chi connectivity index (χ0) is 13.1. The van der Waals surface area contributed by atoms with E-state index in [1.165, 1.54) is 4.68 Å². The predicted octanol–water partition coefficient (Wildman–Crippen LogP) is 3.55. The third kappa shape index (κ3) is 2.72. The first-order valence-electron chi connectivity index (χ1n) is 5.59. The van der Waals surface area contributed by atoms with Gasteiger partial charge in [-0.3, -0.25) is 0 Å². The summed E-state index contributed by atoms with van der Waals surface area (Å²) in [5.41, 5.74) is 1.71. The van der Waals surface area contributed by atoms with Crippen molar-refractivity contribution < 1.29 is 9.53 Å². The standard InChI is InChI=1S/C13H13IN2O2/c1-9(2)18-13(17)16-12(11(14)8-15-16)10-6-4-3-5-7-10/h3-9H,1-2H3. The van der Waals surface area contributed by atoms with Gasteiger partial charge in [-0.2, -0.15) is 9.78 Å². The summed E-state index contributed by atoms with van der Waals surface area (Å²) >= 11 is 2.16. The normalized spacial score (nSPS) is 10.7. The summed E-state index contributed by atoms with van der Waals surface area (Å²) in [6.45, 7) is 3.63. The molecular weight excluding hydrogens is 343 g/mol. The van der Waals surface area contributed by atoms with E-state index in [0.717, 1.165) is 14.8 Å². The molecular formula is C13H13IN2O2. The van der Waals surface area contributed by atoms with Crippen LogP contribution in [-0.2, 0) is 4.74 Å². The van der Waals surface area contributed by atoms with Gasteiger partial charge in [0, 0.05) is 5.56 Å². The zero-order valence-corrected chi connectivity index (χ0v) is 12.3. The van der Waals surface area contributed by atoms with E-state index in [-0.39, 0.29) is 6.10 Å². The lowest BCUT2D eigenvalue weighted by molar-refractivity contribution is 0.114. The number of benzene rings is 1. The molecule has 1 heterocycles. The smallest absolute Gasteiger partial charge is 0.435 e. The van der Waals surface area contributed by atoms with Crippen LogP contribution in [0.4, 0.5) is 4.79 Å². The summed E-state index contributed by atoms with van der Waals surface area (Å²) in [6, 6.07) is 9.67. The largest absolute Gasteiger partial charge is 0.445 e. The van der Waals surface area contributed by atoms with Crippen LogP contribution in [0.15, 0.2) is 36.5 Å². The molecule has 0 spiro atoms. The van der Waals surface area contributed by atoms with Crippen molar-refractivity contribution in [2.24, 2.45) is 0 Å². The number of carbonyl (C=O) groups is 1. The molecule has 0 unspecified atom stereocenters. The van der Waals surface area contributed by atoms with Crippen LogP contribution in [0.25, 0.3) is 11.3 Å². The highest BCUT2D eigenvalue weighted by molar-refractivity contribution is 14.1. The summed E-state index contributed by atoms with van der Waals surface area (Å²) < 4.78 is 7.39. The predicted molar refractivity (Wildman–Crippen MR) is 77.4 cm³/mol. The van der Waals surface area contributed by atoms with Crippen molar-refractivity contribution in [2.75, 3.05) is 0 Å². The molecule has 0 N–H and O–H groups in total. The lowest BCUT2D eigenvalue weighted by Crippen LogP contribution is -2.20. The zero-order valence-electron chi connectivity index (χ0n) is 10.1. The summed E-state index contributed by atoms with van der Waals surface area (Å²) in [4.78, 5) is 11.9. The van der Waals surface area contributed by atoms with Crippen molar-refractivity contribution in [3.63, 3.8) is 0 Å². The number of hydrogen-bond donors (Lipinski definition) is 0. The highest BCUT2D eigenvalue weighted by atomic mass is 127. The molecule has 0 saturated heterocycles. The second-order valence-corrected chi connectivity index (χ2v) is 5.21. The molecule has 1 aromatic carbocycles. The Morgan fingerprint density at radius 1 is 1.33 bits per heavy atom. The maximum atomic E-state index is 11.9. The molecule has 0 saturated carbocycles. The van der Waals surface area contributed by atoms with E-state index < -0.39 is 6.09 Å². The van der Waals surface area contributed by atoms with Crippen LogP contribution in [0.2, 0.25) is 0 Å². The first kappa shape index (κ1) is 13.1. The third-order valence-electron chi connectivity index (χ3n) is 2.28. The Kier molecular flexibility index (Phi) is 4.00. The maximum Gasteiger partial charge on any atom is 0.435 e. The van der Waals surface area contributed by atoms with Gasteiger partial charge < -0.3 is 4.74 Å².